The van der Waals surface area contributed by atoms with Gasteiger partial charge in [-0.05, 0) is 18.8 Å². The van der Waals surface area contributed by atoms with Crippen LogP contribution in [0, 0.1) is 16.0 Å². The molecule has 2 unspecified atom stereocenters. The van der Waals surface area contributed by atoms with Gasteiger partial charge in [-0.3, -0.25) is 10.1 Å². The van der Waals surface area contributed by atoms with Crippen molar-refractivity contribution in [2.24, 2.45) is 5.92 Å². The molecule has 1 saturated carbocycles. The molecule has 0 saturated heterocycles. The summed E-state index contributed by atoms with van der Waals surface area (Å²) >= 11 is 0. The van der Waals surface area contributed by atoms with Crippen LogP contribution in [-0.4, -0.2) is 11.0 Å². The first-order valence-corrected chi connectivity index (χ1v) is 12.4. The Hall–Kier alpha value is -0.600. The minimum absolute atomic E-state index is 0.0419. The fraction of sp³-hybridized carbons (Fsp3) is 1.00. The van der Waals surface area contributed by atoms with Gasteiger partial charge in [0.1, 0.15) is 0 Å². The van der Waals surface area contributed by atoms with E-state index in [2.05, 4.69) is 6.92 Å². The van der Waals surface area contributed by atoms with Crippen LogP contribution in [0.15, 0.2) is 0 Å². The van der Waals surface area contributed by atoms with E-state index in [9.17, 15) is 10.1 Å². The quantitative estimate of drug-likeness (QED) is 0.136. The summed E-state index contributed by atoms with van der Waals surface area (Å²) in [6.07, 6.45) is 27.7. The highest BCUT2D eigenvalue weighted by atomic mass is 16.6. The lowest BCUT2D eigenvalue weighted by Gasteiger charge is -2.24. The van der Waals surface area contributed by atoms with Gasteiger partial charge in [-0.25, -0.2) is 0 Å². The molecule has 0 amide bonds. The van der Waals surface area contributed by atoms with E-state index in [1.54, 1.807) is 0 Å². The molecule has 0 aliphatic heterocycles. The molecule has 0 spiro atoms. The van der Waals surface area contributed by atoms with Crippen LogP contribution in [0.4, 0.5) is 0 Å². The van der Waals surface area contributed by atoms with Gasteiger partial charge in [-0.1, -0.05) is 116 Å². The molecule has 0 bridgehead atoms. The Morgan fingerprint density at radius 2 is 1.15 bits per heavy atom. The minimum atomic E-state index is -0.246. The standard InChI is InChI=1S/C24H47NO2/c1-2-3-4-5-6-7-8-9-10-11-12-13-14-15-16-17-19-23-20-18-21-24(22-23)25(26)27/h23-24H,2-22H2,1H3. The van der Waals surface area contributed by atoms with Gasteiger partial charge >= 0.3 is 0 Å². The van der Waals surface area contributed by atoms with Crippen molar-refractivity contribution in [3.63, 3.8) is 0 Å². The number of unbranched alkanes of at least 4 members (excludes halogenated alkanes) is 15. The summed E-state index contributed by atoms with van der Waals surface area (Å²) in [7, 11) is 0. The molecule has 0 N–H and O–H groups in total. The highest BCUT2D eigenvalue weighted by Gasteiger charge is 2.28. The van der Waals surface area contributed by atoms with E-state index in [4.69, 9.17) is 0 Å². The van der Waals surface area contributed by atoms with Crippen LogP contribution in [0.25, 0.3) is 0 Å². The molecule has 2 atom stereocenters. The molecule has 160 valence electrons. The number of nitro groups is 1. The average Bonchev–Trinajstić information content (AvgIpc) is 2.68. The molecule has 1 fully saturated rings. The fourth-order valence-corrected chi connectivity index (χ4v) is 4.70. The Bertz CT molecular complexity index is 345. The zero-order valence-corrected chi connectivity index (χ0v) is 18.3. The number of rotatable bonds is 18. The SMILES string of the molecule is CCCCCCCCCCCCCCCCCCC1CCCC([N+](=O)[O-])C1. The molecule has 3 nitrogen and oxygen atoms in total. The van der Waals surface area contributed by atoms with Gasteiger partial charge in [0, 0.05) is 17.8 Å². The second kappa shape index (κ2) is 17.5. The number of nitrogens with zero attached hydrogens (tertiary/aromatic N) is 1. The van der Waals surface area contributed by atoms with Crippen LogP contribution in [0.3, 0.4) is 0 Å². The van der Waals surface area contributed by atoms with Gasteiger partial charge in [0.15, 0.2) is 0 Å². The molecular formula is C24H47NO2. The first-order chi connectivity index (χ1) is 13.2. The summed E-state index contributed by atoms with van der Waals surface area (Å²) in [5, 5.41) is 10.9. The van der Waals surface area contributed by atoms with E-state index in [0.29, 0.717) is 5.92 Å². The Morgan fingerprint density at radius 3 is 1.59 bits per heavy atom. The maximum atomic E-state index is 10.9. The van der Waals surface area contributed by atoms with E-state index >= 15 is 0 Å². The average molecular weight is 382 g/mol. The molecule has 1 aliphatic carbocycles. The van der Waals surface area contributed by atoms with Crippen LogP contribution < -0.4 is 0 Å². The van der Waals surface area contributed by atoms with Gasteiger partial charge < -0.3 is 0 Å². The molecule has 1 rings (SSSR count). The van der Waals surface area contributed by atoms with E-state index in [-0.39, 0.29) is 11.0 Å². The van der Waals surface area contributed by atoms with E-state index in [1.165, 1.54) is 116 Å². The van der Waals surface area contributed by atoms with Crippen LogP contribution in [0.1, 0.15) is 142 Å². The van der Waals surface area contributed by atoms with Crippen molar-refractivity contribution in [1.82, 2.24) is 0 Å². The molecular weight excluding hydrogens is 334 g/mol. The summed E-state index contributed by atoms with van der Waals surface area (Å²) in [4.78, 5) is 10.9. The minimum Gasteiger partial charge on any atom is -0.264 e. The highest BCUT2D eigenvalue weighted by Crippen LogP contribution is 2.30. The predicted molar refractivity (Wildman–Crippen MR) is 117 cm³/mol. The third kappa shape index (κ3) is 14.1. The second-order valence-corrected chi connectivity index (χ2v) is 9.06. The van der Waals surface area contributed by atoms with Crippen LogP contribution in [-0.2, 0) is 0 Å². The predicted octanol–water partition coefficient (Wildman–Crippen LogP) is 8.47. The fourth-order valence-electron chi connectivity index (χ4n) is 4.70. The van der Waals surface area contributed by atoms with Crippen LogP contribution in [0.2, 0.25) is 0 Å². The van der Waals surface area contributed by atoms with Crippen molar-refractivity contribution >= 4 is 0 Å². The summed E-state index contributed by atoms with van der Waals surface area (Å²) in [5.74, 6) is 0.626. The molecule has 0 aromatic carbocycles. The lowest BCUT2D eigenvalue weighted by atomic mass is 9.83. The van der Waals surface area contributed by atoms with Crippen molar-refractivity contribution < 1.29 is 4.92 Å². The van der Waals surface area contributed by atoms with Gasteiger partial charge in [-0.15, -0.1) is 0 Å². The maximum absolute atomic E-state index is 10.9. The molecule has 27 heavy (non-hydrogen) atoms. The van der Waals surface area contributed by atoms with Gasteiger partial charge in [0.2, 0.25) is 6.04 Å². The van der Waals surface area contributed by atoms with E-state index in [1.807, 2.05) is 0 Å². The largest absolute Gasteiger partial charge is 0.264 e. The lowest BCUT2D eigenvalue weighted by molar-refractivity contribution is -0.528. The zero-order valence-electron chi connectivity index (χ0n) is 18.3. The normalized spacial score (nSPS) is 20.0. The van der Waals surface area contributed by atoms with E-state index < -0.39 is 0 Å². The van der Waals surface area contributed by atoms with Crippen LogP contribution >= 0.6 is 0 Å². The number of hydrogen-bond acceptors (Lipinski definition) is 2. The van der Waals surface area contributed by atoms with Crippen molar-refractivity contribution in [3.8, 4) is 0 Å². The Balaban J connectivity index is 1.76. The summed E-state index contributed by atoms with van der Waals surface area (Å²) < 4.78 is 0. The third-order valence-electron chi connectivity index (χ3n) is 6.52. The molecule has 1 aliphatic rings. The van der Waals surface area contributed by atoms with E-state index in [0.717, 1.165) is 19.3 Å². The second-order valence-electron chi connectivity index (χ2n) is 9.06. The Labute approximate surface area is 169 Å². The van der Waals surface area contributed by atoms with Gasteiger partial charge in [0.25, 0.3) is 0 Å². The molecule has 0 radical (unpaired) electrons. The maximum Gasteiger partial charge on any atom is 0.213 e. The summed E-state index contributed by atoms with van der Waals surface area (Å²) in [6, 6.07) is -0.246. The van der Waals surface area contributed by atoms with Gasteiger partial charge in [-0.2, -0.15) is 0 Å². The summed E-state index contributed by atoms with van der Waals surface area (Å²) in [5.41, 5.74) is 0. The monoisotopic (exact) mass is 381 g/mol. The first-order valence-electron chi connectivity index (χ1n) is 12.4. The van der Waals surface area contributed by atoms with Crippen LogP contribution in [0.5, 0.6) is 0 Å². The van der Waals surface area contributed by atoms with Crippen molar-refractivity contribution in [3.05, 3.63) is 10.1 Å². The van der Waals surface area contributed by atoms with Crippen molar-refractivity contribution in [1.29, 1.82) is 0 Å². The smallest absolute Gasteiger partial charge is 0.213 e. The first kappa shape index (κ1) is 24.4. The Kier molecular flexibility index (Phi) is 15.8. The third-order valence-corrected chi connectivity index (χ3v) is 6.52. The topological polar surface area (TPSA) is 43.1 Å². The van der Waals surface area contributed by atoms with Crippen molar-refractivity contribution in [2.75, 3.05) is 0 Å². The van der Waals surface area contributed by atoms with Crippen molar-refractivity contribution in [2.45, 2.75) is 148 Å². The lowest BCUT2D eigenvalue weighted by Crippen LogP contribution is -2.27. The Morgan fingerprint density at radius 1 is 0.704 bits per heavy atom. The zero-order chi connectivity index (χ0) is 19.6. The molecule has 3 heteroatoms. The highest BCUT2D eigenvalue weighted by molar-refractivity contribution is 4.72. The molecule has 0 heterocycles. The van der Waals surface area contributed by atoms with Gasteiger partial charge in [0.05, 0.1) is 0 Å². The number of hydrogen-bond donors (Lipinski definition) is 0. The molecule has 0 aromatic rings. The molecule has 0 aromatic heterocycles. The summed E-state index contributed by atoms with van der Waals surface area (Å²) in [6.45, 7) is 2.28.